The summed E-state index contributed by atoms with van der Waals surface area (Å²) < 4.78 is 21.6. The lowest BCUT2D eigenvalue weighted by Gasteiger charge is -2.30. The summed E-state index contributed by atoms with van der Waals surface area (Å²) >= 11 is 0. The number of hydrogen-bond acceptors (Lipinski definition) is 3. The van der Waals surface area contributed by atoms with Crippen molar-refractivity contribution in [2.24, 2.45) is 0 Å². The predicted octanol–water partition coefficient (Wildman–Crippen LogP) is 4.15. The van der Waals surface area contributed by atoms with Crippen LogP contribution in [0.2, 0.25) is 0 Å². The lowest BCUT2D eigenvalue weighted by atomic mass is 9.81. The third kappa shape index (κ3) is 2.89. The van der Waals surface area contributed by atoms with E-state index in [-0.39, 0.29) is 5.82 Å². The number of benzene rings is 2. The maximum Gasteiger partial charge on any atom is 0.123 e. The van der Waals surface area contributed by atoms with Crippen molar-refractivity contribution in [3.05, 3.63) is 89.0 Å². The monoisotopic (exact) mass is 347 g/mol. The Bertz CT molecular complexity index is 944. The average Bonchev–Trinajstić information content (AvgIpc) is 3.31. The van der Waals surface area contributed by atoms with E-state index < -0.39 is 5.60 Å². The molecule has 5 heteroatoms. The quantitative estimate of drug-likeness (QED) is 0.697. The van der Waals surface area contributed by atoms with Gasteiger partial charge in [0.25, 0.3) is 0 Å². The summed E-state index contributed by atoms with van der Waals surface area (Å²) in [6, 6.07) is 16.3. The highest BCUT2D eigenvalue weighted by Gasteiger charge is 2.41. The summed E-state index contributed by atoms with van der Waals surface area (Å²) in [5, 5.41) is 13.4. The number of nitriles is 1. The number of ether oxygens (including phenoxy) is 1. The first-order valence-corrected chi connectivity index (χ1v) is 8.62. The van der Waals surface area contributed by atoms with Gasteiger partial charge in [0.2, 0.25) is 0 Å². The van der Waals surface area contributed by atoms with E-state index in [1.54, 1.807) is 18.3 Å². The molecule has 0 saturated carbocycles. The SMILES string of the molecule is N#Cc1ccc2c(c1)COC2(CCCn1cccn1)c1ccc(F)cc1. The first-order chi connectivity index (χ1) is 12.7. The van der Waals surface area contributed by atoms with Crippen molar-refractivity contribution < 1.29 is 9.13 Å². The van der Waals surface area contributed by atoms with Crippen molar-refractivity contribution in [2.45, 2.75) is 31.6 Å². The highest BCUT2D eigenvalue weighted by Crippen LogP contribution is 2.45. The van der Waals surface area contributed by atoms with E-state index >= 15 is 0 Å². The Morgan fingerprint density at radius 2 is 2.08 bits per heavy atom. The van der Waals surface area contributed by atoms with Crippen LogP contribution >= 0.6 is 0 Å². The van der Waals surface area contributed by atoms with E-state index in [1.165, 1.54) is 12.1 Å². The molecule has 0 spiro atoms. The van der Waals surface area contributed by atoms with Gasteiger partial charge in [0, 0.05) is 18.9 Å². The maximum atomic E-state index is 13.4. The largest absolute Gasteiger partial charge is 0.361 e. The third-order valence-corrected chi connectivity index (χ3v) is 4.93. The smallest absolute Gasteiger partial charge is 0.123 e. The van der Waals surface area contributed by atoms with Gasteiger partial charge in [-0.3, -0.25) is 4.68 Å². The number of nitrogens with zero attached hydrogens (tertiary/aromatic N) is 3. The summed E-state index contributed by atoms with van der Waals surface area (Å²) in [5.41, 5.74) is 3.02. The van der Waals surface area contributed by atoms with Crippen molar-refractivity contribution in [1.29, 1.82) is 5.26 Å². The van der Waals surface area contributed by atoms with Crippen molar-refractivity contribution in [3.63, 3.8) is 0 Å². The van der Waals surface area contributed by atoms with Gasteiger partial charge in [-0.25, -0.2) is 4.39 Å². The molecule has 1 aliphatic rings. The van der Waals surface area contributed by atoms with Crippen molar-refractivity contribution in [2.75, 3.05) is 0 Å². The maximum absolute atomic E-state index is 13.4. The molecule has 2 heterocycles. The number of rotatable bonds is 5. The molecule has 1 atom stereocenters. The second kappa shape index (κ2) is 6.74. The zero-order chi connectivity index (χ0) is 18.0. The van der Waals surface area contributed by atoms with E-state index in [2.05, 4.69) is 11.2 Å². The molecule has 0 radical (unpaired) electrons. The summed E-state index contributed by atoms with van der Waals surface area (Å²) in [7, 11) is 0. The Kier molecular flexibility index (Phi) is 4.27. The second-order valence-electron chi connectivity index (χ2n) is 6.48. The van der Waals surface area contributed by atoms with Gasteiger partial charge in [-0.1, -0.05) is 18.2 Å². The Labute approximate surface area is 151 Å². The van der Waals surface area contributed by atoms with E-state index in [0.29, 0.717) is 12.2 Å². The van der Waals surface area contributed by atoms with Crippen molar-refractivity contribution in [1.82, 2.24) is 9.78 Å². The fraction of sp³-hybridized carbons (Fsp3) is 0.238. The fourth-order valence-electron chi connectivity index (χ4n) is 3.69. The van der Waals surface area contributed by atoms with E-state index in [4.69, 9.17) is 10.00 Å². The molecule has 130 valence electrons. The standard InChI is InChI=1S/C21H18FN3O/c22-19-6-4-18(5-7-19)21(9-1-11-25-12-2-10-24-25)20-8-3-16(14-23)13-17(20)15-26-21/h2-8,10,12-13H,1,9,11,15H2. The first-order valence-electron chi connectivity index (χ1n) is 8.62. The van der Waals surface area contributed by atoms with Gasteiger partial charge in [-0.05, 0) is 59.9 Å². The zero-order valence-corrected chi connectivity index (χ0v) is 14.2. The normalized spacial score (nSPS) is 18.5. The summed E-state index contributed by atoms with van der Waals surface area (Å²) in [6.45, 7) is 1.23. The lowest BCUT2D eigenvalue weighted by Crippen LogP contribution is -2.27. The molecule has 0 amide bonds. The number of fused-ring (bicyclic) bond motifs is 1. The van der Waals surface area contributed by atoms with Crippen LogP contribution in [0.3, 0.4) is 0 Å². The lowest BCUT2D eigenvalue weighted by molar-refractivity contribution is -0.0139. The third-order valence-electron chi connectivity index (χ3n) is 4.93. The van der Waals surface area contributed by atoms with E-state index in [1.807, 2.05) is 35.1 Å². The molecule has 1 unspecified atom stereocenters. The predicted molar refractivity (Wildman–Crippen MR) is 94.6 cm³/mol. The first kappa shape index (κ1) is 16.5. The summed E-state index contributed by atoms with van der Waals surface area (Å²) in [6.07, 6.45) is 5.31. The van der Waals surface area contributed by atoms with Crippen LogP contribution in [0.1, 0.15) is 35.1 Å². The Morgan fingerprint density at radius 1 is 1.23 bits per heavy atom. The molecule has 0 aliphatic carbocycles. The molecule has 0 bridgehead atoms. The van der Waals surface area contributed by atoms with Crippen LogP contribution in [0, 0.1) is 17.1 Å². The van der Waals surface area contributed by atoms with Crippen LogP contribution in [0.5, 0.6) is 0 Å². The molecule has 1 aliphatic heterocycles. The minimum Gasteiger partial charge on any atom is -0.361 e. The van der Waals surface area contributed by atoms with Gasteiger partial charge in [0.15, 0.2) is 0 Å². The molecular formula is C21H18FN3O. The minimum atomic E-state index is -0.621. The minimum absolute atomic E-state index is 0.265. The number of aryl methyl sites for hydroxylation is 1. The molecule has 4 nitrogen and oxygen atoms in total. The van der Waals surface area contributed by atoms with Crippen LogP contribution in [0.15, 0.2) is 60.9 Å². The molecule has 4 rings (SSSR count). The molecule has 26 heavy (non-hydrogen) atoms. The molecule has 3 aromatic rings. The van der Waals surface area contributed by atoms with E-state index in [9.17, 15) is 4.39 Å². The van der Waals surface area contributed by atoms with Gasteiger partial charge in [-0.15, -0.1) is 0 Å². The number of hydrogen-bond donors (Lipinski definition) is 0. The highest BCUT2D eigenvalue weighted by atomic mass is 19.1. The molecule has 0 fully saturated rings. The van der Waals surface area contributed by atoms with Crippen molar-refractivity contribution >= 4 is 0 Å². The van der Waals surface area contributed by atoms with Gasteiger partial charge < -0.3 is 4.74 Å². The molecular weight excluding hydrogens is 329 g/mol. The van der Waals surface area contributed by atoms with Crippen LogP contribution in [-0.4, -0.2) is 9.78 Å². The second-order valence-corrected chi connectivity index (χ2v) is 6.48. The topological polar surface area (TPSA) is 50.8 Å². The van der Waals surface area contributed by atoms with Crippen LogP contribution in [0.4, 0.5) is 4.39 Å². The summed E-state index contributed by atoms with van der Waals surface area (Å²) in [5.74, 6) is -0.265. The van der Waals surface area contributed by atoms with Gasteiger partial charge in [-0.2, -0.15) is 10.4 Å². The number of halogens is 1. The molecule has 0 N–H and O–H groups in total. The van der Waals surface area contributed by atoms with Gasteiger partial charge >= 0.3 is 0 Å². The zero-order valence-electron chi connectivity index (χ0n) is 14.2. The van der Waals surface area contributed by atoms with Gasteiger partial charge in [0.1, 0.15) is 11.4 Å². The molecule has 2 aromatic carbocycles. The fourth-order valence-corrected chi connectivity index (χ4v) is 3.69. The Hall–Kier alpha value is -2.97. The van der Waals surface area contributed by atoms with Crippen LogP contribution in [-0.2, 0) is 23.5 Å². The van der Waals surface area contributed by atoms with Crippen LogP contribution in [0.25, 0.3) is 0 Å². The Morgan fingerprint density at radius 3 is 2.81 bits per heavy atom. The van der Waals surface area contributed by atoms with Crippen molar-refractivity contribution in [3.8, 4) is 6.07 Å². The highest BCUT2D eigenvalue weighted by molar-refractivity contribution is 5.47. The van der Waals surface area contributed by atoms with E-state index in [0.717, 1.165) is 36.1 Å². The number of aromatic nitrogens is 2. The summed E-state index contributed by atoms with van der Waals surface area (Å²) in [4.78, 5) is 0. The van der Waals surface area contributed by atoms with Gasteiger partial charge in [0.05, 0.1) is 18.2 Å². The molecule has 0 saturated heterocycles. The Balaban J connectivity index is 1.69. The molecule has 1 aromatic heterocycles. The van der Waals surface area contributed by atoms with Crippen LogP contribution < -0.4 is 0 Å². The average molecular weight is 347 g/mol.